The van der Waals surface area contributed by atoms with Crippen LogP contribution in [0.2, 0.25) is 0 Å². The van der Waals surface area contributed by atoms with E-state index < -0.39 is 14.6 Å². The summed E-state index contributed by atoms with van der Waals surface area (Å²) in [5, 5.41) is 6.06. The first-order chi connectivity index (χ1) is 9.29. The molecule has 2 aliphatic rings. The van der Waals surface area contributed by atoms with Gasteiger partial charge in [0.05, 0.1) is 0 Å². The molecule has 20 heavy (non-hydrogen) atoms. The highest BCUT2D eigenvalue weighted by molar-refractivity contribution is 7.92. The van der Waals surface area contributed by atoms with Gasteiger partial charge in [-0.1, -0.05) is 19.8 Å². The highest BCUT2D eigenvalue weighted by Gasteiger charge is 2.48. The Kier molecular flexibility index (Phi) is 4.44. The average Bonchev–Trinajstić information content (AvgIpc) is 2.83. The summed E-state index contributed by atoms with van der Waals surface area (Å²) in [6.45, 7) is 3.93. The molecular formula is C14H26N2O3S. The number of carbonyl (C=O) groups is 1. The summed E-state index contributed by atoms with van der Waals surface area (Å²) in [5.74, 6) is -0.297. The third-order valence-electron chi connectivity index (χ3n) is 5.02. The van der Waals surface area contributed by atoms with Crippen LogP contribution in [0.5, 0.6) is 0 Å². The van der Waals surface area contributed by atoms with Crippen molar-refractivity contribution in [3.63, 3.8) is 0 Å². The van der Waals surface area contributed by atoms with Gasteiger partial charge in [0.25, 0.3) is 0 Å². The van der Waals surface area contributed by atoms with Crippen LogP contribution in [-0.2, 0) is 14.6 Å². The van der Waals surface area contributed by atoms with E-state index in [1.54, 1.807) is 0 Å². The van der Waals surface area contributed by atoms with Crippen molar-refractivity contribution >= 4 is 15.7 Å². The van der Waals surface area contributed by atoms with Crippen LogP contribution in [0.25, 0.3) is 0 Å². The normalized spacial score (nSPS) is 25.3. The van der Waals surface area contributed by atoms with Crippen molar-refractivity contribution < 1.29 is 13.2 Å². The van der Waals surface area contributed by atoms with Crippen LogP contribution in [0.4, 0.5) is 0 Å². The average molecular weight is 302 g/mol. The molecule has 1 aliphatic carbocycles. The maximum Gasteiger partial charge on any atom is 0.241 e. The fourth-order valence-electron chi connectivity index (χ4n) is 3.46. The highest BCUT2D eigenvalue weighted by Crippen LogP contribution is 2.37. The number of hydrogen-bond donors (Lipinski definition) is 2. The summed E-state index contributed by atoms with van der Waals surface area (Å²) < 4.78 is 23.0. The second-order valence-corrected chi connectivity index (χ2v) is 9.04. The van der Waals surface area contributed by atoms with Crippen molar-refractivity contribution in [2.45, 2.75) is 50.2 Å². The molecule has 5 nitrogen and oxygen atoms in total. The Labute approximate surface area is 121 Å². The number of nitrogens with one attached hydrogen (secondary N) is 2. The van der Waals surface area contributed by atoms with Crippen molar-refractivity contribution in [2.24, 2.45) is 5.41 Å². The summed E-state index contributed by atoms with van der Waals surface area (Å²) in [5.41, 5.74) is 0.140. The molecule has 2 rings (SSSR count). The predicted molar refractivity (Wildman–Crippen MR) is 79.3 cm³/mol. The van der Waals surface area contributed by atoms with Crippen LogP contribution < -0.4 is 10.6 Å². The van der Waals surface area contributed by atoms with Gasteiger partial charge in [-0.15, -0.1) is 0 Å². The first-order valence-corrected chi connectivity index (χ1v) is 9.37. The Morgan fingerprint density at radius 1 is 1.15 bits per heavy atom. The van der Waals surface area contributed by atoms with E-state index in [4.69, 9.17) is 0 Å². The molecule has 0 aromatic carbocycles. The molecule has 0 aromatic heterocycles. The van der Waals surface area contributed by atoms with Gasteiger partial charge in [-0.05, 0) is 44.2 Å². The highest BCUT2D eigenvalue weighted by atomic mass is 32.2. The molecule has 2 N–H and O–H groups in total. The maximum absolute atomic E-state index is 12.5. The third kappa shape index (κ3) is 3.01. The van der Waals surface area contributed by atoms with E-state index in [9.17, 15) is 13.2 Å². The third-order valence-corrected chi connectivity index (χ3v) is 7.03. The van der Waals surface area contributed by atoms with Crippen LogP contribution in [0.15, 0.2) is 0 Å². The Hall–Kier alpha value is -0.620. The Bertz CT molecular complexity index is 461. The van der Waals surface area contributed by atoms with E-state index in [0.29, 0.717) is 32.5 Å². The number of sulfone groups is 1. The Balaban J connectivity index is 2.08. The van der Waals surface area contributed by atoms with Crippen LogP contribution in [0.1, 0.15) is 45.4 Å². The minimum Gasteiger partial charge on any atom is -0.354 e. The van der Waals surface area contributed by atoms with Gasteiger partial charge in [0.2, 0.25) is 5.91 Å². The molecule has 1 heterocycles. The van der Waals surface area contributed by atoms with Crippen molar-refractivity contribution in [2.75, 3.05) is 25.9 Å². The molecule has 0 atom stereocenters. The molecule has 1 amide bonds. The molecule has 1 saturated carbocycles. The molecule has 0 spiro atoms. The molecule has 1 aliphatic heterocycles. The van der Waals surface area contributed by atoms with Crippen LogP contribution in [0, 0.1) is 5.41 Å². The van der Waals surface area contributed by atoms with Gasteiger partial charge in [-0.25, -0.2) is 8.42 Å². The van der Waals surface area contributed by atoms with Gasteiger partial charge in [-0.2, -0.15) is 0 Å². The standard InChI is InChI=1S/C14H26N2O3S/c1-13(5-3-4-6-13)11-16-12(17)14(20(2,18)19)7-9-15-10-8-14/h15H,3-11H2,1-2H3,(H,16,17). The lowest BCUT2D eigenvalue weighted by atomic mass is 9.88. The number of piperidine rings is 1. The number of rotatable bonds is 4. The van der Waals surface area contributed by atoms with Crippen molar-refractivity contribution in [3.05, 3.63) is 0 Å². The molecular weight excluding hydrogens is 276 g/mol. The van der Waals surface area contributed by atoms with E-state index >= 15 is 0 Å². The van der Waals surface area contributed by atoms with Gasteiger partial charge in [0.1, 0.15) is 0 Å². The molecule has 6 heteroatoms. The minimum atomic E-state index is -3.40. The zero-order chi connectivity index (χ0) is 14.9. The summed E-state index contributed by atoms with van der Waals surface area (Å²) in [6.07, 6.45) is 6.56. The van der Waals surface area contributed by atoms with E-state index in [1.165, 1.54) is 19.1 Å². The van der Waals surface area contributed by atoms with Gasteiger partial charge in [0, 0.05) is 12.8 Å². The molecule has 2 fully saturated rings. The zero-order valence-electron chi connectivity index (χ0n) is 12.5. The fraction of sp³-hybridized carbons (Fsp3) is 0.929. The lowest BCUT2D eigenvalue weighted by Gasteiger charge is -2.35. The predicted octanol–water partition coefficient (Wildman–Crippen LogP) is 0.850. The van der Waals surface area contributed by atoms with E-state index in [0.717, 1.165) is 12.8 Å². The topological polar surface area (TPSA) is 75.3 Å². The van der Waals surface area contributed by atoms with Crippen LogP contribution >= 0.6 is 0 Å². The first kappa shape index (κ1) is 15.8. The Morgan fingerprint density at radius 3 is 2.20 bits per heavy atom. The largest absolute Gasteiger partial charge is 0.354 e. The molecule has 1 saturated heterocycles. The van der Waals surface area contributed by atoms with Gasteiger partial charge < -0.3 is 10.6 Å². The van der Waals surface area contributed by atoms with Gasteiger partial charge >= 0.3 is 0 Å². The fourth-order valence-corrected chi connectivity index (χ4v) is 4.81. The summed E-state index contributed by atoms with van der Waals surface area (Å²) in [7, 11) is -3.40. The smallest absolute Gasteiger partial charge is 0.241 e. The van der Waals surface area contributed by atoms with Crippen molar-refractivity contribution in [3.8, 4) is 0 Å². The zero-order valence-corrected chi connectivity index (χ0v) is 13.3. The number of hydrogen-bond acceptors (Lipinski definition) is 4. The maximum atomic E-state index is 12.5. The summed E-state index contributed by atoms with van der Waals surface area (Å²) in [4.78, 5) is 12.5. The van der Waals surface area contributed by atoms with Crippen molar-refractivity contribution in [1.29, 1.82) is 0 Å². The van der Waals surface area contributed by atoms with Crippen LogP contribution in [-0.4, -0.2) is 45.0 Å². The Morgan fingerprint density at radius 2 is 1.70 bits per heavy atom. The van der Waals surface area contributed by atoms with Gasteiger partial charge in [0.15, 0.2) is 14.6 Å². The molecule has 0 bridgehead atoms. The monoisotopic (exact) mass is 302 g/mol. The number of amides is 1. The number of carbonyl (C=O) groups excluding carboxylic acids is 1. The molecule has 0 unspecified atom stereocenters. The SMILES string of the molecule is CC1(CNC(=O)C2(S(C)(=O)=O)CCNCC2)CCCC1. The second-order valence-electron chi connectivity index (χ2n) is 6.72. The quantitative estimate of drug-likeness (QED) is 0.807. The van der Waals surface area contributed by atoms with E-state index in [2.05, 4.69) is 17.6 Å². The summed E-state index contributed by atoms with van der Waals surface area (Å²) in [6, 6.07) is 0. The summed E-state index contributed by atoms with van der Waals surface area (Å²) >= 11 is 0. The first-order valence-electron chi connectivity index (χ1n) is 7.48. The lowest BCUT2D eigenvalue weighted by molar-refractivity contribution is -0.124. The van der Waals surface area contributed by atoms with Gasteiger partial charge in [-0.3, -0.25) is 4.79 Å². The van der Waals surface area contributed by atoms with E-state index in [1.807, 2.05) is 0 Å². The lowest BCUT2D eigenvalue weighted by Crippen LogP contribution is -2.58. The van der Waals surface area contributed by atoms with Crippen LogP contribution in [0.3, 0.4) is 0 Å². The van der Waals surface area contributed by atoms with E-state index in [-0.39, 0.29) is 11.3 Å². The molecule has 0 radical (unpaired) electrons. The van der Waals surface area contributed by atoms with Crippen molar-refractivity contribution in [1.82, 2.24) is 10.6 Å². The molecule has 0 aromatic rings. The minimum absolute atomic E-state index is 0.140. The molecule has 116 valence electrons. The second kappa shape index (κ2) is 5.64.